The van der Waals surface area contributed by atoms with Gasteiger partial charge in [-0.1, -0.05) is 25.7 Å². The van der Waals surface area contributed by atoms with Gasteiger partial charge >= 0.3 is 0 Å². The molecule has 1 aliphatic heterocycles. The summed E-state index contributed by atoms with van der Waals surface area (Å²) in [6.45, 7) is 2.56. The molecule has 0 amide bonds. The van der Waals surface area contributed by atoms with E-state index in [9.17, 15) is 5.11 Å². The predicted molar refractivity (Wildman–Crippen MR) is 69.1 cm³/mol. The molecule has 3 nitrogen and oxygen atoms in total. The van der Waals surface area contributed by atoms with Crippen molar-refractivity contribution in [3.63, 3.8) is 0 Å². The van der Waals surface area contributed by atoms with E-state index in [2.05, 4.69) is 5.32 Å². The Hall–Kier alpha value is -0.120. The van der Waals surface area contributed by atoms with Crippen LogP contribution in [0.2, 0.25) is 0 Å². The van der Waals surface area contributed by atoms with Gasteiger partial charge in [-0.2, -0.15) is 0 Å². The van der Waals surface area contributed by atoms with Crippen molar-refractivity contribution in [2.75, 3.05) is 19.7 Å². The first-order chi connectivity index (χ1) is 8.29. The standard InChI is InChI=1S/C14H27NO2/c16-14(8-4-1-2-5-9-14)12-15-11-13-7-3-6-10-17-13/h13,15-16H,1-12H2. The van der Waals surface area contributed by atoms with Crippen LogP contribution in [0.15, 0.2) is 0 Å². The first kappa shape index (κ1) is 13.3. The minimum absolute atomic E-state index is 0.373. The van der Waals surface area contributed by atoms with Gasteiger partial charge in [0.25, 0.3) is 0 Å². The number of ether oxygens (including phenoxy) is 1. The Bertz CT molecular complexity index is 206. The van der Waals surface area contributed by atoms with E-state index < -0.39 is 5.60 Å². The second-order valence-corrected chi connectivity index (χ2v) is 5.76. The number of aliphatic hydroxyl groups is 1. The van der Waals surface area contributed by atoms with Gasteiger partial charge in [0.15, 0.2) is 0 Å². The maximum Gasteiger partial charge on any atom is 0.0771 e. The van der Waals surface area contributed by atoms with E-state index in [1.54, 1.807) is 0 Å². The van der Waals surface area contributed by atoms with Crippen molar-refractivity contribution in [1.82, 2.24) is 5.32 Å². The zero-order chi connectivity index (χ0) is 12.0. The van der Waals surface area contributed by atoms with Crippen LogP contribution in [0.5, 0.6) is 0 Å². The molecule has 1 saturated carbocycles. The normalized spacial score (nSPS) is 29.8. The summed E-state index contributed by atoms with van der Waals surface area (Å²) in [5.41, 5.74) is -0.453. The molecule has 3 heteroatoms. The smallest absolute Gasteiger partial charge is 0.0771 e. The molecular weight excluding hydrogens is 214 g/mol. The zero-order valence-electron chi connectivity index (χ0n) is 10.9. The van der Waals surface area contributed by atoms with E-state index in [1.165, 1.54) is 44.9 Å². The largest absolute Gasteiger partial charge is 0.389 e. The fraction of sp³-hybridized carbons (Fsp3) is 1.00. The molecular formula is C14H27NO2. The van der Waals surface area contributed by atoms with E-state index >= 15 is 0 Å². The molecule has 17 heavy (non-hydrogen) atoms. The van der Waals surface area contributed by atoms with Crippen molar-refractivity contribution in [1.29, 1.82) is 0 Å². The molecule has 0 aromatic rings. The summed E-state index contributed by atoms with van der Waals surface area (Å²) in [5, 5.41) is 13.9. The SMILES string of the molecule is OC1(CNCC2CCCCO2)CCCCCC1. The van der Waals surface area contributed by atoms with E-state index in [0.29, 0.717) is 6.10 Å². The van der Waals surface area contributed by atoms with Gasteiger partial charge < -0.3 is 15.2 Å². The van der Waals surface area contributed by atoms with Gasteiger partial charge in [0.05, 0.1) is 11.7 Å². The average Bonchev–Trinajstić information content (AvgIpc) is 2.56. The summed E-state index contributed by atoms with van der Waals surface area (Å²) >= 11 is 0. The van der Waals surface area contributed by atoms with Gasteiger partial charge in [-0.05, 0) is 32.1 Å². The third-order valence-electron chi connectivity index (χ3n) is 4.13. The molecule has 1 unspecified atom stereocenters. The molecule has 2 N–H and O–H groups in total. The third kappa shape index (κ3) is 4.57. The summed E-state index contributed by atoms with van der Waals surface area (Å²) in [5.74, 6) is 0. The van der Waals surface area contributed by atoms with Crippen LogP contribution in [0, 0.1) is 0 Å². The van der Waals surface area contributed by atoms with Crippen molar-refractivity contribution in [2.24, 2.45) is 0 Å². The number of rotatable bonds is 4. The highest BCUT2D eigenvalue weighted by molar-refractivity contribution is 4.83. The molecule has 1 saturated heterocycles. The molecule has 2 fully saturated rings. The topological polar surface area (TPSA) is 41.5 Å². The highest BCUT2D eigenvalue weighted by Crippen LogP contribution is 2.26. The zero-order valence-corrected chi connectivity index (χ0v) is 10.9. The molecule has 0 aromatic carbocycles. The summed E-state index contributed by atoms with van der Waals surface area (Å²) in [6.07, 6.45) is 10.9. The quantitative estimate of drug-likeness (QED) is 0.742. The lowest BCUT2D eigenvalue weighted by Crippen LogP contribution is -2.43. The van der Waals surface area contributed by atoms with Gasteiger partial charge in [0.2, 0.25) is 0 Å². The molecule has 0 spiro atoms. The Morgan fingerprint density at radius 2 is 1.82 bits per heavy atom. The molecule has 0 radical (unpaired) electrons. The Morgan fingerprint density at radius 3 is 2.47 bits per heavy atom. The van der Waals surface area contributed by atoms with Gasteiger partial charge in [0.1, 0.15) is 0 Å². The summed E-state index contributed by atoms with van der Waals surface area (Å²) < 4.78 is 5.68. The summed E-state index contributed by atoms with van der Waals surface area (Å²) in [6, 6.07) is 0. The molecule has 1 atom stereocenters. The second kappa shape index (κ2) is 6.72. The first-order valence-electron chi connectivity index (χ1n) is 7.33. The maximum absolute atomic E-state index is 10.5. The molecule has 2 rings (SSSR count). The van der Waals surface area contributed by atoms with Crippen LogP contribution in [0.25, 0.3) is 0 Å². The monoisotopic (exact) mass is 241 g/mol. The van der Waals surface area contributed by atoms with Crippen LogP contribution in [0.3, 0.4) is 0 Å². The average molecular weight is 241 g/mol. The lowest BCUT2D eigenvalue weighted by molar-refractivity contribution is 0.000948. The number of hydrogen-bond acceptors (Lipinski definition) is 3. The van der Waals surface area contributed by atoms with Crippen LogP contribution in [0.1, 0.15) is 57.8 Å². The van der Waals surface area contributed by atoms with Gasteiger partial charge in [-0.25, -0.2) is 0 Å². The molecule has 1 aliphatic carbocycles. The lowest BCUT2D eigenvalue weighted by Gasteiger charge is -2.29. The fourth-order valence-corrected chi connectivity index (χ4v) is 3.00. The number of hydrogen-bond donors (Lipinski definition) is 2. The summed E-state index contributed by atoms with van der Waals surface area (Å²) in [7, 11) is 0. The van der Waals surface area contributed by atoms with E-state index in [-0.39, 0.29) is 0 Å². The second-order valence-electron chi connectivity index (χ2n) is 5.76. The summed E-state index contributed by atoms with van der Waals surface area (Å²) in [4.78, 5) is 0. The fourth-order valence-electron chi connectivity index (χ4n) is 3.00. The Labute approximate surface area is 105 Å². The first-order valence-corrected chi connectivity index (χ1v) is 7.33. The predicted octanol–water partition coefficient (Wildman–Crippen LogP) is 2.23. The van der Waals surface area contributed by atoms with Crippen LogP contribution in [-0.4, -0.2) is 36.5 Å². The van der Waals surface area contributed by atoms with Crippen LogP contribution in [0.4, 0.5) is 0 Å². The van der Waals surface area contributed by atoms with Gasteiger partial charge in [-0.3, -0.25) is 0 Å². The molecule has 0 bridgehead atoms. The van der Waals surface area contributed by atoms with E-state index in [1.807, 2.05) is 0 Å². The van der Waals surface area contributed by atoms with Crippen molar-refractivity contribution in [3.05, 3.63) is 0 Å². The lowest BCUT2D eigenvalue weighted by atomic mass is 9.94. The minimum atomic E-state index is -0.453. The Kier molecular flexibility index (Phi) is 5.26. The van der Waals surface area contributed by atoms with E-state index in [4.69, 9.17) is 4.74 Å². The van der Waals surface area contributed by atoms with Gasteiger partial charge in [0, 0.05) is 19.7 Å². The van der Waals surface area contributed by atoms with Crippen molar-refractivity contribution in [3.8, 4) is 0 Å². The highest BCUT2D eigenvalue weighted by atomic mass is 16.5. The molecule has 100 valence electrons. The minimum Gasteiger partial charge on any atom is -0.389 e. The Balaban J connectivity index is 1.65. The Morgan fingerprint density at radius 1 is 1.06 bits per heavy atom. The molecule has 2 aliphatic rings. The van der Waals surface area contributed by atoms with Crippen LogP contribution >= 0.6 is 0 Å². The van der Waals surface area contributed by atoms with Crippen molar-refractivity contribution >= 4 is 0 Å². The van der Waals surface area contributed by atoms with Gasteiger partial charge in [-0.15, -0.1) is 0 Å². The van der Waals surface area contributed by atoms with Crippen LogP contribution < -0.4 is 5.32 Å². The highest BCUT2D eigenvalue weighted by Gasteiger charge is 2.27. The number of nitrogens with one attached hydrogen (secondary N) is 1. The molecule has 1 heterocycles. The third-order valence-corrected chi connectivity index (χ3v) is 4.13. The maximum atomic E-state index is 10.5. The van der Waals surface area contributed by atoms with Crippen LogP contribution in [-0.2, 0) is 4.74 Å². The van der Waals surface area contributed by atoms with E-state index in [0.717, 1.165) is 32.5 Å². The van der Waals surface area contributed by atoms with Crippen molar-refractivity contribution < 1.29 is 9.84 Å². The molecule has 0 aromatic heterocycles. The van der Waals surface area contributed by atoms with Crippen molar-refractivity contribution in [2.45, 2.75) is 69.5 Å².